The first-order valence-corrected chi connectivity index (χ1v) is 12.1. The van der Waals surface area contributed by atoms with Crippen LogP contribution in [0.1, 0.15) is 6.42 Å². The van der Waals surface area contributed by atoms with Crippen molar-refractivity contribution in [2.75, 3.05) is 30.4 Å². The van der Waals surface area contributed by atoms with Crippen molar-refractivity contribution >= 4 is 45.0 Å². The number of likely N-dealkylation sites (N-methyl/N-ethyl adjacent to an activating group) is 1. The molecule has 0 radical (unpaired) electrons. The summed E-state index contributed by atoms with van der Waals surface area (Å²) in [4.78, 5) is 5.21. The number of aliphatic imine (C=N–C) groups is 1. The topological polar surface area (TPSA) is 97.9 Å². The highest BCUT2D eigenvalue weighted by atomic mass is 35.5. The maximum absolute atomic E-state index is 14.9. The zero-order valence-corrected chi connectivity index (χ0v) is 19.2. The maximum Gasteiger partial charge on any atom is 0.245 e. The van der Waals surface area contributed by atoms with Crippen molar-refractivity contribution < 1.29 is 17.2 Å². The lowest BCUT2D eigenvalue weighted by Crippen LogP contribution is -2.44. The molecule has 2 aromatic carbocycles. The standard InChI is InChI=1S/C21H23ClF2N6O2S/c1-25-14-5-7-30(11-14)19-8-13(23)2-3-17(19)28-18-10-16(24)20(9-15(18)22)33(31,32)29-21-4-6-26-12-27-21/h2-4,6,8-10,12,14,21,25,28-29H,5,7,11H2,1H3,(H,26,27). The minimum absolute atomic E-state index is 0.00437. The van der Waals surface area contributed by atoms with Crippen molar-refractivity contribution in [1.82, 2.24) is 15.4 Å². The highest BCUT2D eigenvalue weighted by molar-refractivity contribution is 7.89. The monoisotopic (exact) mass is 496 g/mol. The van der Waals surface area contributed by atoms with Gasteiger partial charge in [0.15, 0.2) is 0 Å². The molecule has 33 heavy (non-hydrogen) atoms. The van der Waals surface area contributed by atoms with Gasteiger partial charge in [0.25, 0.3) is 0 Å². The summed E-state index contributed by atoms with van der Waals surface area (Å²) in [6.45, 7) is 1.41. The Kier molecular flexibility index (Phi) is 6.84. The van der Waals surface area contributed by atoms with Gasteiger partial charge in [-0.25, -0.2) is 22.2 Å². The van der Waals surface area contributed by atoms with Gasteiger partial charge in [0, 0.05) is 31.4 Å². The summed E-state index contributed by atoms with van der Waals surface area (Å²) >= 11 is 6.32. The van der Waals surface area contributed by atoms with E-state index in [9.17, 15) is 17.2 Å². The molecule has 4 N–H and O–H groups in total. The second kappa shape index (κ2) is 9.64. The first-order chi connectivity index (χ1) is 15.8. The SMILES string of the molecule is CNC1CCN(c2cc(F)ccc2Nc2cc(F)c(S(=O)(=O)NC3C=CN=CN3)cc2Cl)C1. The Bertz CT molecular complexity index is 1210. The molecule has 2 unspecified atom stereocenters. The van der Waals surface area contributed by atoms with Gasteiger partial charge in [-0.3, -0.25) is 0 Å². The molecule has 2 heterocycles. The number of sulfonamides is 1. The minimum Gasteiger partial charge on any atom is -0.368 e. The van der Waals surface area contributed by atoms with Gasteiger partial charge in [-0.05, 0) is 43.8 Å². The molecule has 0 spiro atoms. The zero-order valence-electron chi connectivity index (χ0n) is 17.6. The van der Waals surface area contributed by atoms with Gasteiger partial charge in [0.05, 0.1) is 28.4 Å². The fourth-order valence-corrected chi connectivity index (χ4v) is 5.20. The third kappa shape index (κ3) is 5.27. The summed E-state index contributed by atoms with van der Waals surface area (Å²) < 4.78 is 56.5. The number of hydrogen-bond acceptors (Lipinski definition) is 7. The van der Waals surface area contributed by atoms with Crippen molar-refractivity contribution in [1.29, 1.82) is 0 Å². The first kappa shape index (κ1) is 23.4. The molecule has 2 aromatic rings. The lowest BCUT2D eigenvalue weighted by Gasteiger charge is -2.23. The molecule has 2 aliphatic heterocycles. The largest absolute Gasteiger partial charge is 0.368 e. The van der Waals surface area contributed by atoms with Gasteiger partial charge >= 0.3 is 0 Å². The number of benzene rings is 2. The molecule has 12 heteroatoms. The van der Waals surface area contributed by atoms with Gasteiger partial charge in [0.1, 0.15) is 22.7 Å². The van der Waals surface area contributed by atoms with E-state index in [1.54, 1.807) is 6.07 Å². The highest BCUT2D eigenvalue weighted by Gasteiger charge is 2.26. The van der Waals surface area contributed by atoms with Crippen molar-refractivity contribution in [2.45, 2.75) is 23.5 Å². The van der Waals surface area contributed by atoms with Crippen LogP contribution in [0.4, 0.5) is 25.8 Å². The van der Waals surface area contributed by atoms with E-state index in [2.05, 4.69) is 25.7 Å². The first-order valence-electron chi connectivity index (χ1n) is 10.2. The number of hydrogen-bond donors (Lipinski definition) is 4. The van der Waals surface area contributed by atoms with Crippen molar-refractivity contribution in [3.8, 4) is 0 Å². The molecule has 1 saturated heterocycles. The molecular formula is C21H23ClF2N6O2S. The van der Waals surface area contributed by atoms with Crippen LogP contribution in [0, 0.1) is 11.6 Å². The highest BCUT2D eigenvalue weighted by Crippen LogP contribution is 2.36. The molecule has 0 amide bonds. The van der Waals surface area contributed by atoms with Crippen LogP contribution in [0.3, 0.4) is 0 Å². The zero-order chi connectivity index (χ0) is 23.6. The van der Waals surface area contributed by atoms with Crippen LogP contribution in [0.5, 0.6) is 0 Å². The molecule has 0 bridgehead atoms. The lowest BCUT2D eigenvalue weighted by atomic mass is 10.2. The van der Waals surface area contributed by atoms with Gasteiger partial charge in [-0.1, -0.05) is 11.6 Å². The molecule has 0 aliphatic carbocycles. The van der Waals surface area contributed by atoms with Gasteiger partial charge in [-0.15, -0.1) is 0 Å². The van der Waals surface area contributed by atoms with Crippen molar-refractivity contribution in [3.63, 3.8) is 0 Å². The number of rotatable bonds is 7. The van der Waals surface area contributed by atoms with Crippen LogP contribution >= 0.6 is 11.6 Å². The summed E-state index contributed by atoms with van der Waals surface area (Å²) in [5, 5.41) is 8.92. The second-order valence-corrected chi connectivity index (χ2v) is 9.74. The van der Waals surface area contributed by atoms with Crippen LogP contribution < -0.4 is 25.6 Å². The van der Waals surface area contributed by atoms with E-state index in [1.165, 1.54) is 30.7 Å². The number of nitrogens with zero attached hydrogens (tertiary/aromatic N) is 2. The number of nitrogens with one attached hydrogen (secondary N) is 4. The Labute approximate surface area is 195 Å². The average Bonchev–Trinajstić information content (AvgIpc) is 3.26. The molecule has 176 valence electrons. The fraction of sp³-hybridized carbons (Fsp3) is 0.286. The van der Waals surface area contributed by atoms with Crippen molar-refractivity contribution in [3.05, 3.63) is 59.3 Å². The quantitative estimate of drug-likeness (QED) is 0.470. The Hall–Kier alpha value is -2.73. The summed E-state index contributed by atoms with van der Waals surface area (Å²) in [5.74, 6) is -1.38. The Morgan fingerprint density at radius 3 is 2.73 bits per heavy atom. The van der Waals surface area contributed by atoms with Crippen LogP contribution in [0.25, 0.3) is 0 Å². The lowest BCUT2D eigenvalue weighted by molar-refractivity contribution is 0.546. The molecule has 0 aromatic heterocycles. The molecular weight excluding hydrogens is 474 g/mol. The van der Waals surface area contributed by atoms with E-state index in [1.807, 2.05) is 11.9 Å². The number of anilines is 3. The molecule has 2 aliphatic rings. The summed E-state index contributed by atoms with van der Waals surface area (Å²) in [7, 11) is -2.34. The third-order valence-corrected chi connectivity index (χ3v) is 7.22. The van der Waals surface area contributed by atoms with Crippen LogP contribution in [-0.2, 0) is 10.0 Å². The summed E-state index contributed by atoms with van der Waals surface area (Å²) in [6, 6.07) is 6.56. The predicted molar refractivity (Wildman–Crippen MR) is 126 cm³/mol. The Morgan fingerprint density at radius 2 is 2.03 bits per heavy atom. The predicted octanol–water partition coefficient (Wildman–Crippen LogP) is 2.91. The Balaban J connectivity index is 1.60. The molecule has 0 saturated carbocycles. The summed E-state index contributed by atoms with van der Waals surface area (Å²) in [5.41, 5.74) is 1.30. The van der Waals surface area contributed by atoms with E-state index >= 15 is 0 Å². The molecule has 4 rings (SSSR count). The van der Waals surface area contributed by atoms with E-state index in [-0.39, 0.29) is 16.8 Å². The molecule has 2 atom stereocenters. The van der Waals surface area contributed by atoms with E-state index in [0.29, 0.717) is 17.9 Å². The van der Waals surface area contributed by atoms with Gasteiger partial charge in [0.2, 0.25) is 10.0 Å². The minimum atomic E-state index is -4.22. The van der Waals surface area contributed by atoms with E-state index in [4.69, 9.17) is 11.6 Å². The Morgan fingerprint density at radius 1 is 1.21 bits per heavy atom. The normalized spacial score (nSPS) is 20.2. The average molecular weight is 497 g/mol. The summed E-state index contributed by atoms with van der Waals surface area (Å²) in [6.07, 6.45) is 4.34. The smallest absolute Gasteiger partial charge is 0.245 e. The maximum atomic E-state index is 14.9. The van der Waals surface area contributed by atoms with Crippen LogP contribution in [0.2, 0.25) is 5.02 Å². The number of halogens is 3. The molecule has 1 fully saturated rings. The van der Waals surface area contributed by atoms with Gasteiger partial charge < -0.3 is 20.9 Å². The fourth-order valence-electron chi connectivity index (χ4n) is 3.72. The second-order valence-electron chi connectivity index (χ2n) is 7.65. The molecule has 8 nitrogen and oxygen atoms in total. The third-order valence-electron chi connectivity index (χ3n) is 5.45. The van der Waals surface area contributed by atoms with Crippen LogP contribution in [0.15, 0.2) is 52.5 Å². The van der Waals surface area contributed by atoms with Crippen LogP contribution in [-0.4, -0.2) is 47.1 Å². The van der Waals surface area contributed by atoms with Crippen molar-refractivity contribution in [2.24, 2.45) is 4.99 Å². The van der Waals surface area contributed by atoms with E-state index in [0.717, 1.165) is 25.1 Å². The van der Waals surface area contributed by atoms with Gasteiger partial charge in [-0.2, -0.15) is 4.72 Å². The van der Waals surface area contributed by atoms with E-state index < -0.39 is 32.7 Å².